The predicted molar refractivity (Wildman–Crippen MR) is 102 cm³/mol. The van der Waals surface area contributed by atoms with Crippen molar-refractivity contribution in [2.24, 2.45) is 0 Å². The van der Waals surface area contributed by atoms with Gasteiger partial charge < -0.3 is 10.0 Å². The van der Waals surface area contributed by atoms with Crippen molar-refractivity contribution in [3.63, 3.8) is 0 Å². The highest BCUT2D eigenvalue weighted by atomic mass is 35.5. The van der Waals surface area contributed by atoms with Crippen LogP contribution >= 0.6 is 12.4 Å². The van der Waals surface area contributed by atoms with Crippen molar-refractivity contribution >= 4 is 22.2 Å². The molecule has 0 aliphatic carbocycles. The maximum atomic E-state index is 12.5. The van der Waals surface area contributed by atoms with E-state index in [4.69, 9.17) is 0 Å². The van der Waals surface area contributed by atoms with Gasteiger partial charge in [0.1, 0.15) is 5.75 Å². The molecule has 1 aliphatic rings. The maximum Gasteiger partial charge on any atom is 0.183 e. The normalized spacial score (nSPS) is 15.4. The Morgan fingerprint density at radius 1 is 0.960 bits per heavy atom. The average molecular weight is 382 g/mol. The highest BCUT2D eigenvalue weighted by Crippen LogP contribution is 2.25. The second kappa shape index (κ2) is 8.70. The standard InChI is InChI=1S/C19H23NO3S.ClH/c21-17-9-11-18(12-10-17)24(22,23)19-14-20(15-19)13-5-4-8-16-6-2-1-3-7-16;/h1-3,6-7,9-12,19,21H,4-5,8,13-15H2;1H. The van der Waals surface area contributed by atoms with Gasteiger partial charge in [-0.15, -0.1) is 12.4 Å². The molecule has 0 aromatic heterocycles. The molecular formula is C19H24ClNO3S. The van der Waals surface area contributed by atoms with E-state index < -0.39 is 9.84 Å². The Labute approximate surface area is 155 Å². The van der Waals surface area contributed by atoms with E-state index in [-0.39, 0.29) is 23.4 Å². The number of likely N-dealkylation sites (tertiary alicyclic amines) is 1. The molecule has 1 heterocycles. The van der Waals surface area contributed by atoms with Gasteiger partial charge in [0.15, 0.2) is 9.84 Å². The van der Waals surface area contributed by atoms with E-state index in [1.165, 1.54) is 29.8 Å². The predicted octanol–water partition coefficient (Wildman–Crippen LogP) is 3.29. The van der Waals surface area contributed by atoms with E-state index in [1.54, 1.807) is 0 Å². The molecule has 0 bridgehead atoms. The molecule has 1 N–H and O–H groups in total. The summed E-state index contributed by atoms with van der Waals surface area (Å²) in [5.41, 5.74) is 1.36. The fourth-order valence-corrected chi connectivity index (χ4v) is 4.75. The molecule has 0 radical (unpaired) electrons. The number of sulfone groups is 1. The number of phenolic OH excluding ortho intramolecular Hbond substituents is 1. The molecule has 0 unspecified atom stereocenters. The zero-order valence-corrected chi connectivity index (χ0v) is 15.7. The number of phenols is 1. The van der Waals surface area contributed by atoms with Crippen LogP contribution in [0.5, 0.6) is 5.75 Å². The lowest BCUT2D eigenvalue weighted by Crippen LogP contribution is -2.54. The quantitative estimate of drug-likeness (QED) is 0.747. The highest BCUT2D eigenvalue weighted by molar-refractivity contribution is 7.92. The summed E-state index contributed by atoms with van der Waals surface area (Å²) in [6, 6.07) is 16.2. The topological polar surface area (TPSA) is 57.6 Å². The smallest absolute Gasteiger partial charge is 0.183 e. The van der Waals surface area contributed by atoms with Crippen molar-refractivity contribution in [3.8, 4) is 5.75 Å². The molecule has 6 heteroatoms. The van der Waals surface area contributed by atoms with Crippen LogP contribution in [-0.2, 0) is 16.3 Å². The second-order valence-corrected chi connectivity index (χ2v) is 8.59. The van der Waals surface area contributed by atoms with Gasteiger partial charge in [0.05, 0.1) is 10.1 Å². The SMILES string of the molecule is Cl.O=S(=O)(c1ccc(O)cc1)C1CN(CCCCc2ccccc2)C1. The minimum Gasteiger partial charge on any atom is -0.508 e. The number of unbranched alkanes of at least 4 members (excludes halogenated alkanes) is 1. The van der Waals surface area contributed by atoms with Crippen LogP contribution in [0.25, 0.3) is 0 Å². The van der Waals surface area contributed by atoms with Crippen molar-refractivity contribution in [1.29, 1.82) is 0 Å². The average Bonchev–Trinajstić information content (AvgIpc) is 2.54. The van der Waals surface area contributed by atoms with Crippen molar-refractivity contribution in [1.82, 2.24) is 4.90 Å². The van der Waals surface area contributed by atoms with Crippen LogP contribution in [-0.4, -0.2) is 43.3 Å². The molecule has 2 aromatic rings. The summed E-state index contributed by atoms with van der Waals surface area (Å²) in [5.74, 6) is 0.0857. The van der Waals surface area contributed by atoms with Crippen LogP contribution < -0.4 is 0 Å². The van der Waals surface area contributed by atoms with Crippen LogP contribution in [0, 0.1) is 0 Å². The molecular weight excluding hydrogens is 358 g/mol. The van der Waals surface area contributed by atoms with Crippen LogP contribution in [0.4, 0.5) is 0 Å². The van der Waals surface area contributed by atoms with Gasteiger partial charge in [-0.3, -0.25) is 0 Å². The maximum absolute atomic E-state index is 12.5. The number of rotatable bonds is 7. The Morgan fingerprint density at radius 2 is 1.60 bits per heavy atom. The van der Waals surface area contributed by atoms with Gasteiger partial charge in [0, 0.05) is 13.1 Å². The number of halogens is 1. The van der Waals surface area contributed by atoms with Crippen molar-refractivity contribution in [2.75, 3.05) is 19.6 Å². The van der Waals surface area contributed by atoms with Crippen molar-refractivity contribution < 1.29 is 13.5 Å². The molecule has 1 saturated heterocycles. The second-order valence-electron chi connectivity index (χ2n) is 6.36. The fourth-order valence-electron chi connectivity index (χ4n) is 3.04. The minimum atomic E-state index is -3.28. The zero-order valence-electron chi connectivity index (χ0n) is 14.0. The van der Waals surface area contributed by atoms with E-state index in [9.17, 15) is 13.5 Å². The third kappa shape index (κ3) is 4.97. The molecule has 1 fully saturated rings. The number of nitrogens with zero attached hydrogens (tertiary/aromatic N) is 1. The number of hydrogen-bond donors (Lipinski definition) is 1. The summed E-state index contributed by atoms with van der Waals surface area (Å²) < 4.78 is 25.0. The first kappa shape index (κ1) is 19.8. The van der Waals surface area contributed by atoms with Crippen LogP contribution in [0.2, 0.25) is 0 Å². The first-order valence-electron chi connectivity index (χ1n) is 8.35. The van der Waals surface area contributed by atoms with Gasteiger partial charge in [-0.25, -0.2) is 8.42 Å². The van der Waals surface area contributed by atoms with Crippen LogP contribution in [0.15, 0.2) is 59.5 Å². The van der Waals surface area contributed by atoms with E-state index in [1.807, 2.05) is 6.07 Å². The van der Waals surface area contributed by atoms with E-state index in [0.717, 1.165) is 25.8 Å². The Balaban J connectivity index is 0.00000225. The number of aromatic hydroxyl groups is 1. The molecule has 1 aliphatic heterocycles. The minimum absolute atomic E-state index is 0. The Bertz CT molecular complexity index is 757. The fraction of sp³-hybridized carbons (Fsp3) is 0.368. The molecule has 2 aromatic carbocycles. The van der Waals surface area contributed by atoms with Gasteiger partial charge >= 0.3 is 0 Å². The third-order valence-electron chi connectivity index (χ3n) is 4.56. The summed E-state index contributed by atoms with van der Waals surface area (Å²) >= 11 is 0. The van der Waals surface area contributed by atoms with Gasteiger partial charge in [-0.2, -0.15) is 0 Å². The zero-order chi connectivity index (χ0) is 17.0. The Kier molecular flexibility index (Phi) is 6.87. The highest BCUT2D eigenvalue weighted by Gasteiger charge is 2.37. The number of aryl methyl sites for hydroxylation is 1. The van der Waals surface area contributed by atoms with Crippen molar-refractivity contribution in [2.45, 2.75) is 29.4 Å². The van der Waals surface area contributed by atoms with E-state index in [0.29, 0.717) is 18.0 Å². The van der Waals surface area contributed by atoms with Crippen LogP contribution in [0.1, 0.15) is 18.4 Å². The molecule has 0 amide bonds. The lowest BCUT2D eigenvalue weighted by molar-refractivity contribution is 0.181. The summed E-state index contributed by atoms with van der Waals surface area (Å²) in [6.45, 7) is 2.16. The molecule has 25 heavy (non-hydrogen) atoms. The lowest BCUT2D eigenvalue weighted by Gasteiger charge is -2.38. The summed E-state index contributed by atoms with van der Waals surface area (Å²) in [4.78, 5) is 2.50. The lowest BCUT2D eigenvalue weighted by atomic mass is 10.1. The van der Waals surface area contributed by atoms with Gasteiger partial charge in [-0.05, 0) is 55.6 Å². The molecule has 0 atom stereocenters. The number of benzene rings is 2. The third-order valence-corrected chi connectivity index (χ3v) is 6.67. The molecule has 0 saturated carbocycles. The molecule has 4 nitrogen and oxygen atoms in total. The Morgan fingerprint density at radius 3 is 2.24 bits per heavy atom. The van der Waals surface area contributed by atoms with Gasteiger partial charge in [0.2, 0.25) is 0 Å². The summed E-state index contributed by atoms with van der Waals surface area (Å²) in [5, 5.41) is 8.95. The van der Waals surface area contributed by atoms with E-state index in [2.05, 4.69) is 29.2 Å². The molecule has 3 rings (SSSR count). The van der Waals surface area contributed by atoms with Crippen LogP contribution in [0.3, 0.4) is 0 Å². The van der Waals surface area contributed by atoms with Gasteiger partial charge in [0.25, 0.3) is 0 Å². The molecule has 136 valence electrons. The van der Waals surface area contributed by atoms with E-state index >= 15 is 0 Å². The Hall–Kier alpha value is -1.56. The first-order valence-corrected chi connectivity index (χ1v) is 9.89. The summed E-state index contributed by atoms with van der Waals surface area (Å²) in [6.07, 6.45) is 3.28. The largest absolute Gasteiger partial charge is 0.508 e. The first-order chi connectivity index (χ1) is 11.6. The monoisotopic (exact) mass is 381 g/mol. The summed E-state index contributed by atoms with van der Waals surface area (Å²) in [7, 11) is -3.28. The van der Waals surface area contributed by atoms with Gasteiger partial charge in [-0.1, -0.05) is 30.3 Å². The molecule has 0 spiro atoms. The number of hydrogen-bond acceptors (Lipinski definition) is 4. The van der Waals surface area contributed by atoms with Crippen molar-refractivity contribution in [3.05, 3.63) is 60.2 Å².